The molecule has 0 radical (unpaired) electrons. The topological polar surface area (TPSA) is 80.6 Å². The van der Waals surface area contributed by atoms with Crippen molar-refractivity contribution >= 4 is 16.7 Å². The molecular formula is C20H20N2O4. The summed E-state index contributed by atoms with van der Waals surface area (Å²) in [6.45, 7) is 3.72. The van der Waals surface area contributed by atoms with Crippen LogP contribution in [0.2, 0.25) is 0 Å². The van der Waals surface area contributed by atoms with Crippen LogP contribution in [0.25, 0.3) is 10.8 Å². The summed E-state index contributed by atoms with van der Waals surface area (Å²) in [6.07, 6.45) is 0. The zero-order valence-electron chi connectivity index (χ0n) is 14.6. The van der Waals surface area contributed by atoms with Crippen LogP contribution < -0.4 is 15.7 Å². The summed E-state index contributed by atoms with van der Waals surface area (Å²) in [5.41, 5.74) is 0.331. The Hall–Kier alpha value is -3.28. The Bertz CT molecular complexity index is 994. The Morgan fingerprint density at radius 3 is 2.35 bits per heavy atom. The molecule has 1 aromatic heterocycles. The molecule has 2 N–H and O–H groups in total. The van der Waals surface area contributed by atoms with Crippen LogP contribution in [0.1, 0.15) is 29.8 Å². The molecule has 1 amide bonds. The lowest BCUT2D eigenvalue weighted by Crippen LogP contribution is -2.34. The van der Waals surface area contributed by atoms with Gasteiger partial charge in [-0.15, -0.1) is 4.73 Å². The van der Waals surface area contributed by atoms with Crippen LogP contribution in [0.4, 0.5) is 0 Å². The minimum absolute atomic E-state index is 0.0157. The molecule has 134 valence electrons. The van der Waals surface area contributed by atoms with E-state index in [0.717, 1.165) is 10.3 Å². The van der Waals surface area contributed by atoms with Gasteiger partial charge < -0.3 is 15.3 Å². The van der Waals surface area contributed by atoms with Gasteiger partial charge in [0.15, 0.2) is 0 Å². The number of carbonyl (C=O) groups excluding carboxylic acids is 1. The largest absolute Gasteiger partial charge is 0.492 e. The predicted molar refractivity (Wildman–Crippen MR) is 99.2 cm³/mol. The quantitative estimate of drug-likeness (QED) is 0.739. The Kier molecular flexibility index (Phi) is 4.93. The van der Waals surface area contributed by atoms with Gasteiger partial charge in [0.25, 0.3) is 11.5 Å². The molecular weight excluding hydrogens is 332 g/mol. The molecule has 0 saturated carbocycles. The number of pyridine rings is 1. The first-order chi connectivity index (χ1) is 12.5. The number of aromatic nitrogens is 1. The fraction of sp³-hybridized carbons (Fsp3) is 0.200. The molecule has 3 aromatic rings. The fourth-order valence-corrected chi connectivity index (χ4v) is 2.71. The van der Waals surface area contributed by atoms with Crippen molar-refractivity contribution in [3.8, 4) is 5.88 Å². The van der Waals surface area contributed by atoms with Gasteiger partial charge in [0.05, 0.1) is 5.39 Å². The molecule has 0 aliphatic heterocycles. The number of carbonyl (C=O) groups is 1. The molecule has 2 aromatic carbocycles. The first-order valence-electron chi connectivity index (χ1n) is 8.34. The summed E-state index contributed by atoms with van der Waals surface area (Å²) in [4.78, 5) is 30.8. The van der Waals surface area contributed by atoms with Gasteiger partial charge in [-0.2, -0.15) is 0 Å². The highest BCUT2D eigenvalue weighted by Gasteiger charge is 2.23. The zero-order chi connectivity index (χ0) is 18.7. The van der Waals surface area contributed by atoms with Gasteiger partial charge >= 0.3 is 0 Å². The first-order valence-corrected chi connectivity index (χ1v) is 8.34. The number of hydrogen-bond donors (Lipinski definition) is 2. The monoisotopic (exact) mass is 352 g/mol. The van der Waals surface area contributed by atoms with E-state index < -0.39 is 17.3 Å². The lowest BCUT2D eigenvalue weighted by atomic mass is 10.1. The van der Waals surface area contributed by atoms with Gasteiger partial charge in [-0.1, -0.05) is 48.5 Å². The van der Waals surface area contributed by atoms with E-state index in [4.69, 9.17) is 4.84 Å². The maximum Gasteiger partial charge on any atom is 0.294 e. The van der Waals surface area contributed by atoms with Crippen molar-refractivity contribution < 1.29 is 14.7 Å². The molecule has 0 atom stereocenters. The highest BCUT2D eigenvalue weighted by atomic mass is 16.7. The molecule has 6 nitrogen and oxygen atoms in total. The van der Waals surface area contributed by atoms with E-state index >= 15 is 0 Å². The summed E-state index contributed by atoms with van der Waals surface area (Å²) in [5.74, 6) is -0.978. The SMILES string of the molecule is CC(C)NC(=O)c1c(O)n(OCc2ccccc2)c(=O)c2ccccc12. The van der Waals surface area contributed by atoms with E-state index in [0.29, 0.717) is 10.8 Å². The summed E-state index contributed by atoms with van der Waals surface area (Å²) in [6, 6.07) is 15.8. The Morgan fingerprint density at radius 1 is 1.08 bits per heavy atom. The highest BCUT2D eigenvalue weighted by Crippen LogP contribution is 2.24. The number of rotatable bonds is 5. The van der Waals surface area contributed by atoms with Crippen molar-refractivity contribution in [3.05, 3.63) is 76.1 Å². The van der Waals surface area contributed by atoms with Crippen LogP contribution in [0.3, 0.4) is 0 Å². The number of amides is 1. The third-order valence-corrected chi connectivity index (χ3v) is 3.88. The van der Waals surface area contributed by atoms with Crippen LogP contribution >= 0.6 is 0 Å². The normalized spacial score (nSPS) is 10.9. The lowest BCUT2D eigenvalue weighted by Gasteiger charge is -2.16. The van der Waals surface area contributed by atoms with Gasteiger partial charge in [0.1, 0.15) is 12.2 Å². The summed E-state index contributed by atoms with van der Waals surface area (Å²) >= 11 is 0. The lowest BCUT2D eigenvalue weighted by molar-refractivity contribution is 0.0698. The minimum atomic E-state index is -0.518. The molecule has 0 aliphatic carbocycles. The van der Waals surface area contributed by atoms with Gasteiger partial charge in [-0.05, 0) is 25.5 Å². The van der Waals surface area contributed by atoms with Crippen LogP contribution in [-0.2, 0) is 6.61 Å². The number of fused-ring (bicyclic) bond motifs is 1. The Morgan fingerprint density at radius 2 is 1.69 bits per heavy atom. The standard InChI is InChI=1S/C20H20N2O4/c1-13(2)21-18(23)17-15-10-6-7-11-16(15)19(24)22(20(17)25)26-12-14-8-4-3-5-9-14/h3-11,13,25H,12H2,1-2H3,(H,21,23). The number of nitrogens with zero attached hydrogens (tertiary/aromatic N) is 1. The highest BCUT2D eigenvalue weighted by molar-refractivity contribution is 6.08. The molecule has 0 saturated heterocycles. The molecule has 6 heteroatoms. The maximum atomic E-state index is 12.7. The second kappa shape index (κ2) is 7.31. The summed E-state index contributed by atoms with van der Waals surface area (Å²) < 4.78 is 0.782. The second-order valence-electron chi connectivity index (χ2n) is 6.23. The van der Waals surface area contributed by atoms with Gasteiger partial charge in [0.2, 0.25) is 5.88 Å². The molecule has 0 bridgehead atoms. The molecule has 0 fully saturated rings. The van der Waals surface area contributed by atoms with Crippen molar-refractivity contribution in [2.75, 3.05) is 0 Å². The van der Waals surface area contributed by atoms with Crippen molar-refractivity contribution in [1.82, 2.24) is 10.0 Å². The molecule has 0 unspecified atom stereocenters. The first kappa shape index (κ1) is 17.5. The summed E-state index contributed by atoms with van der Waals surface area (Å²) in [7, 11) is 0. The zero-order valence-corrected chi connectivity index (χ0v) is 14.6. The van der Waals surface area contributed by atoms with Gasteiger partial charge in [-0.25, -0.2) is 0 Å². The predicted octanol–water partition coefficient (Wildman–Crippen LogP) is 2.47. The number of hydrogen-bond acceptors (Lipinski definition) is 4. The van der Waals surface area contributed by atoms with Gasteiger partial charge in [0, 0.05) is 11.4 Å². The minimum Gasteiger partial charge on any atom is -0.492 e. The molecule has 0 spiro atoms. The maximum absolute atomic E-state index is 12.7. The Balaban J connectivity index is 2.11. The van der Waals surface area contributed by atoms with Crippen molar-refractivity contribution in [1.29, 1.82) is 0 Å². The van der Waals surface area contributed by atoms with Gasteiger partial charge in [-0.3, -0.25) is 9.59 Å². The third kappa shape index (κ3) is 3.39. The summed E-state index contributed by atoms with van der Waals surface area (Å²) in [5, 5.41) is 14.0. The fourth-order valence-electron chi connectivity index (χ4n) is 2.71. The third-order valence-electron chi connectivity index (χ3n) is 3.88. The smallest absolute Gasteiger partial charge is 0.294 e. The van der Waals surface area contributed by atoms with Crippen LogP contribution in [0, 0.1) is 0 Å². The number of aromatic hydroxyl groups is 1. The molecule has 0 aliphatic rings. The van der Waals surface area contributed by atoms with E-state index in [2.05, 4.69) is 5.32 Å². The number of nitrogens with one attached hydrogen (secondary N) is 1. The van der Waals surface area contributed by atoms with Crippen LogP contribution in [-0.4, -0.2) is 21.8 Å². The van der Waals surface area contributed by atoms with Crippen molar-refractivity contribution in [3.63, 3.8) is 0 Å². The van der Waals surface area contributed by atoms with Crippen LogP contribution in [0.5, 0.6) is 5.88 Å². The average molecular weight is 352 g/mol. The van der Waals surface area contributed by atoms with Crippen molar-refractivity contribution in [2.45, 2.75) is 26.5 Å². The number of benzene rings is 2. The van der Waals surface area contributed by atoms with E-state index in [1.165, 1.54) is 0 Å². The van der Waals surface area contributed by atoms with Crippen molar-refractivity contribution in [2.24, 2.45) is 0 Å². The van der Waals surface area contributed by atoms with E-state index in [1.807, 2.05) is 44.2 Å². The van der Waals surface area contributed by atoms with E-state index in [-0.39, 0.29) is 18.2 Å². The van der Waals surface area contributed by atoms with Crippen LogP contribution in [0.15, 0.2) is 59.4 Å². The van der Waals surface area contributed by atoms with E-state index in [9.17, 15) is 14.7 Å². The molecule has 1 heterocycles. The molecule has 26 heavy (non-hydrogen) atoms. The molecule has 3 rings (SSSR count). The van der Waals surface area contributed by atoms with E-state index in [1.54, 1.807) is 24.3 Å². The Labute approximate surface area is 150 Å². The average Bonchev–Trinajstić information content (AvgIpc) is 2.62. The second-order valence-corrected chi connectivity index (χ2v) is 6.23.